The van der Waals surface area contributed by atoms with Crippen LogP contribution in [0.4, 0.5) is 5.69 Å². The van der Waals surface area contributed by atoms with Crippen LogP contribution in [0.1, 0.15) is 41.9 Å². The zero-order valence-corrected chi connectivity index (χ0v) is 14.3. The zero-order chi connectivity index (χ0) is 16.7. The summed E-state index contributed by atoms with van der Waals surface area (Å²) in [6.07, 6.45) is 2.26. The predicted molar refractivity (Wildman–Crippen MR) is 92.6 cm³/mol. The minimum absolute atomic E-state index is 0.0919. The van der Waals surface area contributed by atoms with E-state index in [1.165, 1.54) is 0 Å². The molecule has 1 amide bonds. The van der Waals surface area contributed by atoms with Gasteiger partial charge in [0.25, 0.3) is 5.91 Å². The predicted octanol–water partition coefficient (Wildman–Crippen LogP) is 3.46. The summed E-state index contributed by atoms with van der Waals surface area (Å²) in [7, 11) is 0. The molecule has 2 aromatic rings. The number of benzene rings is 1. The van der Waals surface area contributed by atoms with E-state index in [2.05, 4.69) is 22.3 Å². The SMILES string of the molecule is C[C@H]1CN(c2ccc(Cl)cc2)C[C@@H]1NC(=O)c1cc(C2CC2)on1. The number of hydrogen-bond donors (Lipinski definition) is 1. The van der Waals surface area contributed by atoms with Gasteiger partial charge < -0.3 is 14.7 Å². The van der Waals surface area contributed by atoms with Crippen molar-refractivity contribution in [1.82, 2.24) is 10.5 Å². The molecule has 0 radical (unpaired) electrons. The molecule has 24 heavy (non-hydrogen) atoms. The molecule has 1 aliphatic heterocycles. The molecule has 1 aromatic heterocycles. The second kappa shape index (κ2) is 6.13. The van der Waals surface area contributed by atoms with E-state index in [1.54, 1.807) is 6.07 Å². The minimum atomic E-state index is -0.152. The van der Waals surface area contributed by atoms with Crippen molar-refractivity contribution >= 4 is 23.2 Å². The summed E-state index contributed by atoms with van der Waals surface area (Å²) in [6, 6.07) is 9.68. The smallest absolute Gasteiger partial charge is 0.273 e. The van der Waals surface area contributed by atoms with Gasteiger partial charge in [-0.15, -0.1) is 0 Å². The lowest BCUT2D eigenvalue weighted by Crippen LogP contribution is -2.40. The molecule has 0 unspecified atom stereocenters. The fourth-order valence-electron chi connectivity index (χ4n) is 3.22. The van der Waals surface area contributed by atoms with Crippen molar-refractivity contribution in [3.63, 3.8) is 0 Å². The van der Waals surface area contributed by atoms with Gasteiger partial charge >= 0.3 is 0 Å². The molecule has 2 aliphatic rings. The normalized spacial score (nSPS) is 23.5. The molecule has 2 atom stereocenters. The summed E-state index contributed by atoms with van der Waals surface area (Å²) < 4.78 is 5.27. The first-order valence-corrected chi connectivity index (χ1v) is 8.76. The van der Waals surface area contributed by atoms with E-state index < -0.39 is 0 Å². The third kappa shape index (κ3) is 3.13. The average Bonchev–Trinajstić information content (AvgIpc) is 3.19. The first kappa shape index (κ1) is 15.5. The van der Waals surface area contributed by atoms with Gasteiger partial charge in [-0.1, -0.05) is 23.7 Å². The first-order valence-electron chi connectivity index (χ1n) is 8.38. The quantitative estimate of drug-likeness (QED) is 0.922. The molecule has 2 fully saturated rings. The summed E-state index contributed by atoms with van der Waals surface area (Å²) in [5.41, 5.74) is 1.51. The van der Waals surface area contributed by atoms with Gasteiger partial charge in [0.1, 0.15) is 5.76 Å². The Labute approximate surface area is 146 Å². The van der Waals surface area contributed by atoms with Gasteiger partial charge in [-0.25, -0.2) is 0 Å². The molecule has 0 spiro atoms. The van der Waals surface area contributed by atoms with Crippen molar-refractivity contribution in [1.29, 1.82) is 0 Å². The van der Waals surface area contributed by atoms with Crippen molar-refractivity contribution in [3.8, 4) is 0 Å². The fraction of sp³-hybridized carbons (Fsp3) is 0.444. The van der Waals surface area contributed by atoms with Crippen LogP contribution in [-0.4, -0.2) is 30.2 Å². The number of nitrogens with zero attached hydrogens (tertiary/aromatic N) is 2. The average molecular weight is 346 g/mol. The van der Waals surface area contributed by atoms with Gasteiger partial charge in [-0.05, 0) is 43.0 Å². The molecular weight excluding hydrogens is 326 g/mol. The Morgan fingerprint density at radius 1 is 1.29 bits per heavy atom. The van der Waals surface area contributed by atoms with Crippen LogP contribution in [0.2, 0.25) is 5.02 Å². The highest BCUT2D eigenvalue weighted by molar-refractivity contribution is 6.30. The van der Waals surface area contributed by atoms with Crippen LogP contribution >= 0.6 is 11.6 Å². The van der Waals surface area contributed by atoms with Crippen molar-refractivity contribution in [2.75, 3.05) is 18.0 Å². The molecule has 126 valence electrons. The summed E-state index contributed by atoms with van der Waals surface area (Å²) in [4.78, 5) is 14.7. The van der Waals surface area contributed by atoms with Crippen LogP contribution in [0.3, 0.4) is 0 Å². The van der Waals surface area contributed by atoms with Crippen LogP contribution in [0.5, 0.6) is 0 Å². The highest BCUT2D eigenvalue weighted by Crippen LogP contribution is 2.40. The highest BCUT2D eigenvalue weighted by atomic mass is 35.5. The number of rotatable bonds is 4. The molecule has 2 heterocycles. The van der Waals surface area contributed by atoms with Gasteiger partial charge in [0.15, 0.2) is 5.69 Å². The first-order chi connectivity index (χ1) is 11.6. The second-order valence-corrected chi connectivity index (χ2v) is 7.26. The van der Waals surface area contributed by atoms with Crippen LogP contribution < -0.4 is 10.2 Å². The van der Waals surface area contributed by atoms with Crippen molar-refractivity contribution in [2.45, 2.75) is 31.7 Å². The maximum absolute atomic E-state index is 12.4. The Balaban J connectivity index is 1.40. The third-order valence-electron chi connectivity index (χ3n) is 4.86. The number of hydrogen-bond acceptors (Lipinski definition) is 4. The zero-order valence-electron chi connectivity index (χ0n) is 13.5. The second-order valence-electron chi connectivity index (χ2n) is 6.83. The van der Waals surface area contributed by atoms with Crippen LogP contribution in [0.25, 0.3) is 0 Å². The van der Waals surface area contributed by atoms with Crippen molar-refractivity contribution in [2.24, 2.45) is 5.92 Å². The number of anilines is 1. The molecule has 1 saturated heterocycles. The van der Waals surface area contributed by atoms with Gasteiger partial charge in [-0.3, -0.25) is 4.79 Å². The van der Waals surface area contributed by atoms with Gasteiger partial charge in [0.2, 0.25) is 0 Å². The minimum Gasteiger partial charge on any atom is -0.369 e. The Kier molecular flexibility index (Phi) is 3.96. The number of carbonyl (C=O) groups excluding carboxylic acids is 1. The van der Waals surface area contributed by atoms with E-state index in [0.717, 1.165) is 42.4 Å². The van der Waals surface area contributed by atoms with E-state index in [-0.39, 0.29) is 11.9 Å². The topological polar surface area (TPSA) is 58.4 Å². The molecular formula is C18H20ClN3O2. The van der Waals surface area contributed by atoms with Crippen LogP contribution in [0.15, 0.2) is 34.9 Å². The molecule has 1 aliphatic carbocycles. The lowest BCUT2D eigenvalue weighted by Gasteiger charge is -2.18. The number of halogens is 1. The molecule has 1 N–H and O–H groups in total. The molecule has 1 saturated carbocycles. The molecule has 6 heteroatoms. The summed E-state index contributed by atoms with van der Waals surface area (Å²) in [6.45, 7) is 3.83. The summed E-state index contributed by atoms with van der Waals surface area (Å²) in [5.74, 6) is 1.51. The Bertz CT molecular complexity index is 739. The fourth-order valence-corrected chi connectivity index (χ4v) is 3.34. The lowest BCUT2D eigenvalue weighted by atomic mass is 10.1. The Hall–Kier alpha value is -2.01. The number of nitrogens with one attached hydrogen (secondary N) is 1. The molecule has 0 bridgehead atoms. The van der Waals surface area contributed by atoms with Crippen LogP contribution in [-0.2, 0) is 0 Å². The number of carbonyl (C=O) groups is 1. The number of amides is 1. The van der Waals surface area contributed by atoms with Gasteiger partial charge in [-0.2, -0.15) is 0 Å². The van der Waals surface area contributed by atoms with Gasteiger partial charge in [0, 0.05) is 35.8 Å². The largest absolute Gasteiger partial charge is 0.369 e. The van der Waals surface area contributed by atoms with E-state index in [9.17, 15) is 4.79 Å². The number of aromatic nitrogens is 1. The summed E-state index contributed by atoms with van der Waals surface area (Å²) >= 11 is 5.95. The molecule has 4 rings (SSSR count). The lowest BCUT2D eigenvalue weighted by molar-refractivity contribution is 0.0924. The van der Waals surface area contributed by atoms with Crippen molar-refractivity contribution in [3.05, 3.63) is 46.8 Å². The van der Waals surface area contributed by atoms with E-state index in [0.29, 0.717) is 17.5 Å². The van der Waals surface area contributed by atoms with Crippen LogP contribution in [0, 0.1) is 5.92 Å². The monoisotopic (exact) mass is 345 g/mol. The maximum atomic E-state index is 12.4. The highest BCUT2D eigenvalue weighted by Gasteiger charge is 2.33. The Morgan fingerprint density at radius 2 is 2.04 bits per heavy atom. The van der Waals surface area contributed by atoms with Gasteiger partial charge in [0.05, 0.1) is 6.04 Å². The molecule has 1 aromatic carbocycles. The van der Waals surface area contributed by atoms with E-state index in [4.69, 9.17) is 16.1 Å². The third-order valence-corrected chi connectivity index (χ3v) is 5.11. The van der Waals surface area contributed by atoms with E-state index >= 15 is 0 Å². The van der Waals surface area contributed by atoms with E-state index in [1.807, 2.05) is 24.3 Å². The standard InChI is InChI=1S/C18H20ClN3O2/c1-11-9-22(14-6-4-13(19)5-7-14)10-16(11)20-18(23)15-8-17(24-21-15)12-2-3-12/h4-8,11-12,16H,2-3,9-10H2,1H3,(H,20,23)/t11-,16-/m0/s1. The summed E-state index contributed by atoms with van der Waals surface area (Å²) in [5, 5.41) is 7.75. The van der Waals surface area contributed by atoms with Crippen molar-refractivity contribution < 1.29 is 9.32 Å². The Morgan fingerprint density at radius 3 is 2.75 bits per heavy atom. The molecule has 5 nitrogen and oxygen atoms in total. The maximum Gasteiger partial charge on any atom is 0.273 e.